The number of nitrogens with zero attached hydrogens (tertiary/aromatic N) is 4. The van der Waals surface area contributed by atoms with Gasteiger partial charge in [-0.15, -0.1) is 0 Å². The number of amides is 9. The number of nitrogens with one attached hydrogen (secondary N) is 8. The molecule has 2 bridgehead atoms. The van der Waals surface area contributed by atoms with Crippen LogP contribution in [0.4, 0.5) is 0 Å². The number of aromatic nitrogens is 4. The molecule has 0 radical (unpaired) electrons. The number of likely N-dealkylation sites (N-methyl/N-ethyl adjacent to an activating group) is 2. The van der Waals surface area contributed by atoms with Gasteiger partial charge >= 0.3 is 5.97 Å². The van der Waals surface area contributed by atoms with Crippen molar-refractivity contribution in [1.82, 2.24) is 61.2 Å². The van der Waals surface area contributed by atoms with Crippen molar-refractivity contribution in [2.24, 2.45) is 17.4 Å². The number of primary amides is 1. The average Bonchev–Trinajstić information content (AvgIpc) is 1.55. The number of carboxylic acids is 1. The summed E-state index contributed by atoms with van der Waals surface area (Å²) < 4.78 is 0. The average molecular weight is 1410 g/mol. The molecule has 29 heteroatoms. The number of aromatic amines is 3. The number of hydrogen-bond acceptors (Lipinski definition) is 16. The van der Waals surface area contributed by atoms with Crippen LogP contribution in [0.2, 0.25) is 0 Å². The van der Waals surface area contributed by atoms with Crippen LogP contribution in [0.1, 0.15) is 84.9 Å². The van der Waals surface area contributed by atoms with E-state index >= 15 is 24.0 Å². The highest BCUT2D eigenvalue weighted by Gasteiger charge is 2.42. The summed E-state index contributed by atoms with van der Waals surface area (Å²) in [5, 5.41) is 36.1. The van der Waals surface area contributed by atoms with Gasteiger partial charge in [-0.25, -0.2) is 4.98 Å². The molecule has 1 saturated heterocycles. The highest BCUT2D eigenvalue weighted by atomic mass is 32.2. The molecule has 1 fully saturated rings. The number of fused-ring (bicyclic) bond motifs is 5. The fraction of sp³-hybridized carbons (Fsp3) is 0.408. The number of carboxylic acid groups (broad SMARTS) is 1. The molecule has 2 aliphatic rings. The quantitative estimate of drug-likeness (QED) is 0.0655. The first-order valence-electron chi connectivity index (χ1n) is 33.3. The summed E-state index contributed by atoms with van der Waals surface area (Å²) in [4.78, 5) is 175. The largest absolute Gasteiger partial charge is 0.508 e. The van der Waals surface area contributed by atoms with Gasteiger partial charge < -0.3 is 77.9 Å². The van der Waals surface area contributed by atoms with E-state index < -0.39 is 120 Å². The third-order valence-electron chi connectivity index (χ3n) is 18.0. The Bertz CT molecular complexity index is 4050. The number of rotatable bonds is 15. The van der Waals surface area contributed by atoms with E-state index in [0.29, 0.717) is 76.4 Å². The predicted molar refractivity (Wildman–Crippen MR) is 378 cm³/mol. The molecule has 0 spiro atoms. The molecule has 14 N–H and O–H groups in total. The number of hydrogen-bond donors (Lipinski definition) is 12. The SMILES string of the molecule is CN1CC(=O)N[C@@H](Cc2c[nH]c3ccccc23)C(=O)N[C@@H](Cc2c[nH]c3ccccc23)C(=O)N(C)[C@@H](CC(=O)O)C(=O)N[C@@H](Cc2cnc[nH]2)C(=O)N[C@@H](Cc2ccc(O)cc2)C(=O)N2CCC[C@H]2C(=O)C[C@H](C(N)=O)CSCc2cccc(c2)CSCCC(=O)N[C@@H](CCCCN)C1=O. The minimum absolute atomic E-state index is 0.0623. The lowest BCUT2D eigenvalue weighted by molar-refractivity contribution is -0.147. The zero-order valence-corrected chi connectivity index (χ0v) is 57.4. The maximum Gasteiger partial charge on any atom is 0.305 e. The number of benzene rings is 4. The monoisotopic (exact) mass is 1410 g/mol. The fourth-order valence-corrected chi connectivity index (χ4v) is 14.6. The zero-order chi connectivity index (χ0) is 71.4. The first-order valence-corrected chi connectivity index (χ1v) is 35.6. The van der Waals surface area contributed by atoms with Crippen molar-refractivity contribution in [1.29, 1.82) is 0 Å². The number of unbranched alkanes of at least 4 members (excludes halogenated alkanes) is 1. The summed E-state index contributed by atoms with van der Waals surface area (Å²) in [6, 6.07) is 18.1. The minimum Gasteiger partial charge on any atom is -0.508 e. The summed E-state index contributed by atoms with van der Waals surface area (Å²) in [5.41, 5.74) is 17.0. The molecule has 9 rings (SSSR count). The highest BCUT2D eigenvalue weighted by molar-refractivity contribution is 7.98. The Balaban J connectivity index is 1.06. The van der Waals surface area contributed by atoms with Crippen LogP contribution in [0.3, 0.4) is 0 Å². The van der Waals surface area contributed by atoms with Crippen molar-refractivity contribution in [3.8, 4) is 5.75 Å². The molecule has 8 atom stereocenters. The number of thioether (sulfide) groups is 2. The van der Waals surface area contributed by atoms with Gasteiger partial charge in [-0.2, -0.15) is 23.5 Å². The summed E-state index contributed by atoms with van der Waals surface area (Å²) in [7, 11) is 2.58. The van der Waals surface area contributed by atoms with Crippen molar-refractivity contribution >= 4 is 110 Å². The third-order valence-corrected chi connectivity index (χ3v) is 20.2. The number of phenolic OH excluding ortho intramolecular Hbond substituents is 1. The van der Waals surface area contributed by atoms with Crippen LogP contribution in [0.5, 0.6) is 5.75 Å². The summed E-state index contributed by atoms with van der Waals surface area (Å²) in [5.74, 6) is -8.32. The molecule has 0 aliphatic carbocycles. The molecule has 0 unspecified atom stereocenters. The lowest BCUT2D eigenvalue weighted by Gasteiger charge is -2.32. The van der Waals surface area contributed by atoms with E-state index in [1.165, 1.54) is 67.2 Å². The number of para-hydroxylation sites is 2. The molecule has 9 amide bonds. The van der Waals surface area contributed by atoms with Gasteiger partial charge in [-0.05, 0) is 90.7 Å². The Hall–Kier alpha value is -10.0. The van der Waals surface area contributed by atoms with Crippen LogP contribution in [0.25, 0.3) is 21.8 Å². The second-order valence-electron chi connectivity index (χ2n) is 25.3. The lowest BCUT2D eigenvalue weighted by atomic mass is 9.97. The predicted octanol–water partition coefficient (Wildman–Crippen LogP) is 3.28. The van der Waals surface area contributed by atoms with E-state index in [0.717, 1.165) is 31.8 Å². The summed E-state index contributed by atoms with van der Waals surface area (Å²) in [6.07, 6.45) is 5.83. The molecule has 4 aromatic carbocycles. The molecule has 2 aliphatic heterocycles. The van der Waals surface area contributed by atoms with E-state index in [4.69, 9.17) is 11.5 Å². The van der Waals surface area contributed by atoms with Crippen LogP contribution in [-0.2, 0) is 89.9 Å². The Morgan fingerprint density at radius 3 is 1.89 bits per heavy atom. The van der Waals surface area contributed by atoms with Crippen LogP contribution in [0, 0.1) is 5.92 Å². The van der Waals surface area contributed by atoms with Crippen molar-refractivity contribution < 1.29 is 63.0 Å². The molecule has 3 aromatic heterocycles. The Kier molecular flexibility index (Phi) is 26.5. The van der Waals surface area contributed by atoms with Gasteiger partial charge in [-0.1, -0.05) is 72.8 Å². The molecule has 100 heavy (non-hydrogen) atoms. The molecule has 0 saturated carbocycles. The first-order chi connectivity index (χ1) is 48.1. The molecule has 27 nitrogen and oxygen atoms in total. The number of H-pyrrole nitrogens is 3. The van der Waals surface area contributed by atoms with Gasteiger partial charge in [0.25, 0.3) is 0 Å². The van der Waals surface area contributed by atoms with E-state index in [1.54, 1.807) is 54.9 Å². The number of Topliss-reactive ketones (excluding diaryl/α,β-unsaturated/α-hetero) is 1. The maximum atomic E-state index is 15.5. The van der Waals surface area contributed by atoms with Crippen molar-refractivity contribution in [2.75, 3.05) is 45.2 Å². The second kappa shape index (κ2) is 35.7. The Morgan fingerprint density at radius 2 is 1.26 bits per heavy atom. The lowest BCUT2D eigenvalue weighted by Crippen LogP contribution is -2.61. The van der Waals surface area contributed by atoms with Gasteiger partial charge in [0.05, 0.1) is 31.3 Å². The van der Waals surface area contributed by atoms with Gasteiger partial charge in [0.2, 0.25) is 53.2 Å². The normalized spacial score (nSPS) is 22.4. The zero-order valence-electron chi connectivity index (χ0n) is 55.7. The van der Waals surface area contributed by atoms with Crippen LogP contribution >= 0.6 is 23.5 Å². The third kappa shape index (κ3) is 20.3. The number of carbonyl (C=O) groups excluding carboxylic acids is 10. The maximum absolute atomic E-state index is 15.5. The molecular formula is C71H86N14O13S2. The number of nitrogens with two attached hydrogens (primary N) is 2. The number of aliphatic carboxylic acids is 1. The summed E-state index contributed by atoms with van der Waals surface area (Å²) >= 11 is 2.92. The first kappa shape index (κ1) is 74.2. The van der Waals surface area contributed by atoms with Crippen molar-refractivity contribution in [3.63, 3.8) is 0 Å². The number of phenols is 1. The summed E-state index contributed by atoms with van der Waals surface area (Å²) in [6.45, 7) is -0.126. The van der Waals surface area contributed by atoms with Crippen molar-refractivity contribution in [2.45, 2.75) is 131 Å². The van der Waals surface area contributed by atoms with Gasteiger partial charge in [-0.3, -0.25) is 52.7 Å². The smallest absolute Gasteiger partial charge is 0.305 e. The molecule has 7 aromatic rings. The van der Waals surface area contributed by atoms with Gasteiger partial charge in [0.15, 0.2) is 5.78 Å². The van der Waals surface area contributed by atoms with Gasteiger partial charge in [0, 0.05) is 128 Å². The highest BCUT2D eigenvalue weighted by Crippen LogP contribution is 2.28. The number of imidazole rings is 1. The van der Waals surface area contributed by atoms with E-state index in [9.17, 15) is 39.0 Å². The topological polar surface area (TPSA) is 410 Å². The van der Waals surface area contributed by atoms with E-state index in [-0.39, 0.29) is 75.3 Å². The Labute approximate surface area is 586 Å². The van der Waals surface area contributed by atoms with E-state index in [1.807, 2.05) is 42.5 Å². The standard InChI is InChI=1S/C71H86N14O13S2/c1-83-37-63(89)79-55(29-45-34-75-52-15-5-3-13-50(45)52)66(93)82-58(30-46-35-76-53-16-6-4-14-51(46)53)70(97)84(2)60(33-64(90)91)68(95)80-56(32-48-36-74-41-77-48)67(94)81-57(28-42-19-21-49(86)22-20-42)71(98)85-25-10-18-59(85)61(87)31-47(65(73)92)40-100-39-44-12-9-11-43(27-44)38-99-26-23-62(88)78-54(69(83)96)17-7-8-24-72/h3-6,9,11-16,19-22,27,34-36,41,47,54-60,75-76,86H,7-8,10,17-18,23-26,28-33,37-40,72H2,1-2H3,(H2,73,92)(H,74,77)(H,78,88)(H,79,89)(H,80,95)(H,81,94)(H,82,93)(H,90,91)/t47-,54-,55-,56-,57-,58-,59-,60-/m0/s1. The molecular weight excluding hydrogens is 1320 g/mol. The molecule has 530 valence electrons. The fourth-order valence-electron chi connectivity index (χ4n) is 12.6. The molecule has 5 heterocycles. The number of ketones is 1. The second-order valence-corrected chi connectivity index (χ2v) is 27.5. The van der Waals surface area contributed by atoms with E-state index in [2.05, 4.69) is 46.5 Å². The van der Waals surface area contributed by atoms with Crippen LogP contribution in [0.15, 0.2) is 122 Å². The Morgan fingerprint density at radius 1 is 0.650 bits per heavy atom. The van der Waals surface area contributed by atoms with Crippen molar-refractivity contribution in [3.05, 3.63) is 155 Å². The number of carbonyl (C=O) groups is 11. The van der Waals surface area contributed by atoms with Crippen LogP contribution < -0.4 is 38.1 Å². The van der Waals surface area contributed by atoms with Gasteiger partial charge in [0.1, 0.15) is 42.0 Å². The van der Waals surface area contributed by atoms with Crippen LogP contribution in [-0.4, -0.2) is 197 Å². The number of aromatic hydroxyl groups is 1. The minimum atomic E-state index is -1.89.